The number of hydrogen-bond donors (Lipinski definition) is 2. The van der Waals surface area contributed by atoms with Crippen LogP contribution < -0.4 is 0 Å². The predicted molar refractivity (Wildman–Crippen MR) is 39.3 cm³/mol. The van der Waals surface area contributed by atoms with Crippen molar-refractivity contribution < 1.29 is 32.0 Å². The summed E-state index contributed by atoms with van der Waals surface area (Å²) in [6.45, 7) is 0. The van der Waals surface area contributed by atoms with Crippen LogP contribution in [0.1, 0.15) is 0 Å². The fraction of sp³-hybridized carbons (Fsp3) is 0.500. The van der Waals surface area contributed by atoms with Gasteiger partial charge in [-0.1, -0.05) is 10.3 Å². The van der Waals surface area contributed by atoms with Crippen LogP contribution in [0.15, 0.2) is 10.3 Å². The molecule has 0 atom stereocenters. The number of nitrogens with zero attached hydrogens (tertiary/aromatic N) is 2. The minimum absolute atomic E-state index is 0.281. The van der Waals surface area contributed by atoms with E-state index in [1.807, 2.05) is 0 Å². The van der Waals surface area contributed by atoms with Gasteiger partial charge in [-0.05, 0) is 0 Å². The van der Waals surface area contributed by atoms with E-state index < -0.39 is 26.8 Å². The lowest BCUT2D eigenvalue weighted by atomic mass is 10.5. The minimum atomic E-state index is -5.44. The van der Waals surface area contributed by atoms with Crippen molar-refractivity contribution in [3.8, 4) is 0 Å². The molecule has 0 aromatic heterocycles. The minimum Gasteiger partial charge on any atom is -0.411 e. The maximum atomic E-state index is 11.7. The van der Waals surface area contributed by atoms with Gasteiger partial charge >= 0.3 is 5.51 Å². The predicted octanol–water partition coefficient (Wildman–Crippen LogP) is 0.211. The van der Waals surface area contributed by atoms with E-state index in [2.05, 4.69) is 10.3 Å². The average Bonchev–Trinajstić information content (AvgIpc) is 2.01. The Labute approximate surface area is 76.2 Å². The van der Waals surface area contributed by atoms with Crippen molar-refractivity contribution in [3.63, 3.8) is 0 Å². The van der Waals surface area contributed by atoms with Crippen LogP contribution in [0.3, 0.4) is 0 Å². The lowest BCUT2D eigenvalue weighted by Gasteiger charge is -2.05. The van der Waals surface area contributed by atoms with Crippen LogP contribution in [0.25, 0.3) is 0 Å². The van der Waals surface area contributed by atoms with Gasteiger partial charge in [-0.3, -0.25) is 0 Å². The summed E-state index contributed by atoms with van der Waals surface area (Å²) in [5.74, 6) is -1.59. The first-order chi connectivity index (χ1) is 6.24. The van der Waals surface area contributed by atoms with E-state index in [0.29, 0.717) is 0 Å². The van der Waals surface area contributed by atoms with Gasteiger partial charge in [-0.2, -0.15) is 13.2 Å². The van der Waals surface area contributed by atoms with Gasteiger partial charge in [0.1, 0.15) is 11.5 Å². The number of hydrogen-bond acceptors (Lipinski definition) is 6. The third-order valence-corrected chi connectivity index (χ3v) is 2.41. The standard InChI is InChI=1S/C4H5F3N2O4S/c5-4(6,7)14(12,13)2-3(9-11)1-8-10/h1,10-11H,2H2. The van der Waals surface area contributed by atoms with Crippen LogP contribution >= 0.6 is 0 Å². The van der Waals surface area contributed by atoms with Gasteiger partial charge in [0.25, 0.3) is 9.84 Å². The zero-order chi connectivity index (χ0) is 11.4. The number of sulfone groups is 1. The fourth-order valence-corrected chi connectivity index (χ4v) is 1.12. The Bertz CT molecular complexity index is 344. The molecule has 82 valence electrons. The lowest BCUT2D eigenvalue weighted by molar-refractivity contribution is -0.0431. The van der Waals surface area contributed by atoms with Gasteiger partial charge in [-0.15, -0.1) is 0 Å². The molecule has 0 amide bonds. The van der Waals surface area contributed by atoms with Gasteiger partial charge in [0.15, 0.2) is 0 Å². The number of halogens is 3. The van der Waals surface area contributed by atoms with E-state index >= 15 is 0 Å². The van der Waals surface area contributed by atoms with Crippen molar-refractivity contribution in [2.75, 3.05) is 5.75 Å². The summed E-state index contributed by atoms with van der Waals surface area (Å²) in [4.78, 5) is 0. The molecule has 14 heavy (non-hydrogen) atoms. The molecule has 0 aliphatic heterocycles. The summed E-state index contributed by atoms with van der Waals surface area (Å²) in [5, 5.41) is 20.3. The molecule has 0 heterocycles. The normalized spacial score (nSPS) is 14.9. The maximum Gasteiger partial charge on any atom is 0.497 e. The third-order valence-electron chi connectivity index (χ3n) is 1.03. The molecule has 6 nitrogen and oxygen atoms in total. The number of oxime groups is 2. The average molecular weight is 234 g/mol. The second-order valence-corrected chi connectivity index (χ2v) is 4.02. The molecule has 0 saturated carbocycles. The molecular weight excluding hydrogens is 229 g/mol. The molecule has 0 saturated heterocycles. The van der Waals surface area contributed by atoms with Crippen molar-refractivity contribution >= 4 is 21.8 Å². The summed E-state index contributed by atoms with van der Waals surface area (Å²) in [6, 6.07) is 0. The molecule has 0 aliphatic carbocycles. The summed E-state index contributed by atoms with van der Waals surface area (Å²) >= 11 is 0. The van der Waals surface area contributed by atoms with Gasteiger partial charge < -0.3 is 10.4 Å². The van der Waals surface area contributed by atoms with Crippen LogP contribution in [0, 0.1) is 0 Å². The lowest BCUT2D eigenvalue weighted by Crippen LogP contribution is -2.30. The fourth-order valence-electron chi connectivity index (χ4n) is 0.435. The van der Waals surface area contributed by atoms with Gasteiger partial charge in [-0.25, -0.2) is 8.42 Å². The second kappa shape index (κ2) is 4.26. The van der Waals surface area contributed by atoms with Crippen molar-refractivity contribution in [3.05, 3.63) is 0 Å². The molecule has 0 rings (SSSR count). The first kappa shape index (κ1) is 12.7. The first-order valence-electron chi connectivity index (χ1n) is 2.92. The highest BCUT2D eigenvalue weighted by molar-refractivity contribution is 7.93. The van der Waals surface area contributed by atoms with Gasteiger partial charge in [0.05, 0.1) is 6.21 Å². The molecule has 0 radical (unpaired) electrons. The summed E-state index contributed by atoms with van der Waals surface area (Å²) in [6.07, 6.45) is 0.281. The third kappa shape index (κ3) is 3.20. The van der Waals surface area contributed by atoms with E-state index in [0.717, 1.165) is 0 Å². The van der Waals surface area contributed by atoms with Crippen LogP contribution in [0.2, 0.25) is 0 Å². The first-order valence-corrected chi connectivity index (χ1v) is 4.57. The number of alkyl halides is 3. The molecule has 0 bridgehead atoms. The van der Waals surface area contributed by atoms with E-state index in [4.69, 9.17) is 10.4 Å². The SMILES string of the molecule is O=S(=O)(CC(C=NO)=NO)C(F)(F)F. The molecule has 2 N–H and O–H groups in total. The molecule has 10 heteroatoms. The maximum absolute atomic E-state index is 11.7. The van der Waals surface area contributed by atoms with Crippen LogP contribution in [-0.2, 0) is 9.84 Å². The van der Waals surface area contributed by atoms with Crippen LogP contribution in [0.5, 0.6) is 0 Å². The Hall–Kier alpha value is -1.32. The zero-order valence-electron chi connectivity index (χ0n) is 6.43. The Morgan fingerprint density at radius 3 is 2.14 bits per heavy atom. The van der Waals surface area contributed by atoms with Crippen molar-refractivity contribution in [1.29, 1.82) is 0 Å². The highest BCUT2D eigenvalue weighted by Crippen LogP contribution is 2.23. The van der Waals surface area contributed by atoms with E-state index in [-0.39, 0.29) is 6.21 Å². The molecule has 0 aliphatic rings. The Morgan fingerprint density at radius 2 is 1.86 bits per heavy atom. The monoisotopic (exact) mass is 234 g/mol. The van der Waals surface area contributed by atoms with Crippen LogP contribution in [-0.4, -0.2) is 42.0 Å². The highest BCUT2D eigenvalue weighted by Gasteiger charge is 2.46. The van der Waals surface area contributed by atoms with E-state index in [1.165, 1.54) is 0 Å². The second-order valence-electron chi connectivity index (χ2n) is 2.04. The number of rotatable bonds is 3. The molecular formula is C4H5F3N2O4S. The molecule has 0 unspecified atom stereocenters. The van der Waals surface area contributed by atoms with Crippen molar-refractivity contribution in [2.45, 2.75) is 5.51 Å². The molecule has 0 fully saturated rings. The Kier molecular flexibility index (Phi) is 3.86. The highest BCUT2D eigenvalue weighted by atomic mass is 32.2. The Balaban J connectivity index is 4.86. The topological polar surface area (TPSA) is 99.3 Å². The van der Waals surface area contributed by atoms with Crippen molar-refractivity contribution in [1.82, 2.24) is 0 Å². The summed E-state index contributed by atoms with van der Waals surface area (Å²) in [7, 11) is -5.42. The van der Waals surface area contributed by atoms with Gasteiger partial charge in [0.2, 0.25) is 0 Å². The van der Waals surface area contributed by atoms with Gasteiger partial charge in [0, 0.05) is 0 Å². The quantitative estimate of drug-likeness (QED) is 0.414. The largest absolute Gasteiger partial charge is 0.497 e. The van der Waals surface area contributed by atoms with E-state index in [1.54, 1.807) is 0 Å². The summed E-state index contributed by atoms with van der Waals surface area (Å²) < 4.78 is 56.1. The van der Waals surface area contributed by atoms with Crippen LogP contribution in [0.4, 0.5) is 13.2 Å². The zero-order valence-corrected chi connectivity index (χ0v) is 7.25. The molecule has 0 aromatic rings. The smallest absolute Gasteiger partial charge is 0.411 e. The summed E-state index contributed by atoms with van der Waals surface area (Å²) in [5.41, 5.74) is -6.36. The Morgan fingerprint density at radius 1 is 1.36 bits per heavy atom. The molecule has 0 aromatic carbocycles. The van der Waals surface area contributed by atoms with Crippen molar-refractivity contribution in [2.24, 2.45) is 10.3 Å². The molecule has 0 spiro atoms. The van der Waals surface area contributed by atoms with E-state index in [9.17, 15) is 21.6 Å².